The Bertz CT molecular complexity index is 534. The Hall–Kier alpha value is -2.41. The Morgan fingerprint density at radius 1 is 1.00 bits per heavy atom. The standard InChI is InChI=1S/C17H26N4O3/c18-14(11-13-7-3-1-4-8-13)17(24)21-12-16(23)20-10-6-2-5-9-15(19)22/h1,3-4,7-8,14H,2,5-6,9-12,18H2,(H2,19,22)(H,20,23)(H,21,24)/t14-/m0/s1. The zero-order valence-electron chi connectivity index (χ0n) is 13.8. The Morgan fingerprint density at radius 3 is 2.38 bits per heavy atom. The van der Waals surface area contributed by atoms with E-state index >= 15 is 0 Å². The van der Waals surface area contributed by atoms with Crippen molar-refractivity contribution in [1.29, 1.82) is 0 Å². The molecule has 24 heavy (non-hydrogen) atoms. The molecule has 0 saturated heterocycles. The molecule has 0 aliphatic rings. The summed E-state index contributed by atoms with van der Waals surface area (Å²) >= 11 is 0. The van der Waals surface area contributed by atoms with E-state index in [0.717, 1.165) is 24.8 Å². The van der Waals surface area contributed by atoms with Crippen molar-refractivity contribution in [3.8, 4) is 0 Å². The lowest BCUT2D eigenvalue weighted by molar-refractivity contribution is -0.126. The van der Waals surface area contributed by atoms with Crippen molar-refractivity contribution in [3.63, 3.8) is 0 Å². The van der Waals surface area contributed by atoms with E-state index in [-0.39, 0.29) is 24.3 Å². The molecule has 0 aliphatic heterocycles. The van der Waals surface area contributed by atoms with Crippen LogP contribution >= 0.6 is 0 Å². The van der Waals surface area contributed by atoms with Gasteiger partial charge < -0.3 is 22.1 Å². The topological polar surface area (TPSA) is 127 Å². The molecular weight excluding hydrogens is 308 g/mol. The molecular formula is C17H26N4O3. The summed E-state index contributed by atoms with van der Waals surface area (Å²) in [4.78, 5) is 34.1. The lowest BCUT2D eigenvalue weighted by Crippen LogP contribution is -2.45. The second kappa shape index (κ2) is 11.2. The zero-order valence-corrected chi connectivity index (χ0v) is 13.8. The van der Waals surface area contributed by atoms with Gasteiger partial charge in [-0.05, 0) is 24.8 Å². The number of nitrogens with two attached hydrogens (primary N) is 2. The van der Waals surface area contributed by atoms with Gasteiger partial charge in [0, 0.05) is 13.0 Å². The van der Waals surface area contributed by atoms with E-state index in [9.17, 15) is 14.4 Å². The monoisotopic (exact) mass is 334 g/mol. The summed E-state index contributed by atoms with van der Waals surface area (Å²) in [5.41, 5.74) is 11.8. The molecule has 0 aromatic heterocycles. The molecule has 0 spiro atoms. The molecule has 0 fully saturated rings. The molecule has 3 amide bonds. The van der Waals surface area contributed by atoms with Gasteiger partial charge in [-0.1, -0.05) is 36.8 Å². The highest BCUT2D eigenvalue weighted by atomic mass is 16.2. The van der Waals surface area contributed by atoms with Gasteiger partial charge >= 0.3 is 0 Å². The van der Waals surface area contributed by atoms with Crippen LogP contribution in [-0.4, -0.2) is 36.9 Å². The number of nitrogens with one attached hydrogen (secondary N) is 2. The first-order valence-electron chi connectivity index (χ1n) is 8.11. The van der Waals surface area contributed by atoms with Crippen LogP contribution in [0.4, 0.5) is 0 Å². The summed E-state index contributed by atoms with van der Waals surface area (Å²) in [7, 11) is 0. The Kier molecular flexibility index (Phi) is 9.14. The van der Waals surface area contributed by atoms with Crippen molar-refractivity contribution in [3.05, 3.63) is 35.9 Å². The average Bonchev–Trinajstić information content (AvgIpc) is 2.56. The third-order valence-electron chi connectivity index (χ3n) is 3.48. The smallest absolute Gasteiger partial charge is 0.239 e. The number of primary amides is 1. The van der Waals surface area contributed by atoms with Crippen molar-refractivity contribution in [2.75, 3.05) is 13.1 Å². The first-order valence-corrected chi connectivity index (χ1v) is 8.11. The maximum Gasteiger partial charge on any atom is 0.239 e. The summed E-state index contributed by atoms with van der Waals surface area (Å²) in [5, 5.41) is 5.24. The molecule has 0 radical (unpaired) electrons. The van der Waals surface area contributed by atoms with Gasteiger partial charge in [0.05, 0.1) is 12.6 Å². The highest BCUT2D eigenvalue weighted by Gasteiger charge is 2.14. The van der Waals surface area contributed by atoms with Crippen LogP contribution in [0.1, 0.15) is 31.2 Å². The fourth-order valence-electron chi connectivity index (χ4n) is 2.15. The number of amides is 3. The second-order valence-corrected chi connectivity index (χ2v) is 5.64. The van der Waals surface area contributed by atoms with Gasteiger partial charge in [-0.3, -0.25) is 14.4 Å². The van der Waals surface area contributed by atoms with E-state index in [1.165, 1.54) is 0 Å². The van der Waals surface area contributed by atoms with Gasteiger partial charge in [0.25, 0.3) is 0 Å². The van der Waals surface area contributed by atoms with E-state index in [0.29, 0.717) is 19.4 Å². The minimum Gasteiger partial charge on any atom is -0.370 e. The normalized spacial score (nSPS) is 11.5. The van der Waals surface area contributed by atoms with Crippen molar-refractivity contribution in [2.24, 2.45) is 11.5 Å². The minimum absolute atomic E-state index is 0.0946. The summed E-state index contributed by atoms with van der Waals surface area (Å²) < 4.78 is 0. The number of benzene rings is 1. The van der Waals surface area contributed by atoms with Gasteiger partial charge in [-0.25, -0.2) is 0 Å². The van der Waals surface area contributed by atoms with Gasteiger partial charge in [-0.2, -0.15) is 0 Å². The molecule has 0 saturated carbocycles. The maximum atomic E-state index is 11.9. The van der Waals surface area contributed by atoms with E-state index in [1.807, 2.05) is 30.3 Å². The molecule has 0 aliphatic carbocycles. The lowest BCUT2D eigenvalue weighted by Gasteiger charge is -2.12. The number of rotatable bonds is 11. The highest BCUT2D eigenvalue weighted by molar-refractivity contribution is 5.87. The van der Waals surface area contributed by atoms with E-state index in [4.69, 9.17) is 11.5 Å². The highest BCUT2D eigenvalue weighted by Crippen LogP contribution is 2.01. The molecule has 0 bridgehead atoms. The fourth-order valence-corrected chi connectivity index (χ4v) is 2.15. The van der Waals surface area contributed by atoms with Crippen LogP contribution in [0.15, 0.2) is 30.3 Å². The minimum atomic E-state index is -0.686. The summed E-state index contributed by atoms with van der Waals surface area (Å²) in [6, 6.07) is 8.78. The molecule has 6 N–H and O–H groups in total. The predicted octanol–water partition coefficient (Wildman–Crippen LogP) is -0.165. The quantitative estimate of drug-likeness (QED) is 0.419. The SMILES string of the molecule is NC(=O)CCCCCNC(=O)CNC(=O)[C@@H](N)Cc1ccccc1. The third-order valence-corrected chi connectivity index (χ3v) is 3.48. The van der Waals surface area contributed by atoms with Crippen LogP contribution in [-0.2, 0) is 20.8 Å². The van der Waals surface area contributed by atoms with Gasteiger partial charge in [0.1, 0.15) is 0 Å². The van der Waals surface area contributed by atoms with Crippen molar-refractivity contribution >= 4 is 17.7 Å². The molecule has 7 heteroatoms. The lowest BCUT2D eigenvalue weighted by atomic mass is 10.1. The van der Waals surface area contributed by atoms with Crippen LogP contribution in [0.3, 0.4) is 0 Å². The average molecular weight is 334 g/mol. The molecule has 1 atom stereocenters. The van der Waals surface area contributed by atoms with Crippen molar-refractivity contribution in [1.82, 2.24) is 10.6 Å². The maximum absolute atomic E-state index is 11.9. The molecule has 7 nitrogen and oxygen atoms in total. The molecule has 132 valence electrons. The second-order valence-electron chi connectivity index (χ2n) is 5.64. The van der Waals surface area contributed by atoms with Crippen LogP contribution < -0.4 is 22.1 Å². The summed E-state index contributed by atoms with van der Waals surface area (Å²) in [6.45, 7) is 0.409. The fraction of sp³-hybridized carbons (Fsp3) is 0.471. The molecule has 1 rings (SSSR count). The third kappa shape index (κ3) is 8.89. The van der Waals surface area contributed by atoms with Crippen LogP contribution in [0.25, 0.3) is 0 Å². The Morgan fingerprint density at radius 2 is 1.71 bits per heavy atom. The number of carbonyl (C=O) groups excluding carboxylic acids is 3. The summed E-state index contributed by atoms with van der Waals surface area (Å²) in [6.07, 6.45) is 3.09. The van der Waals surface area contributed by atoms with Crippen molar-refractivity contribution in [2.45, 2.75) is 38.1 Å². The van der Waals surface area contributed by atoms with Crippen LogP contribution in [0.5, 0.6) is 0 Å². The first-order chi connectivity index (χ1) is 11.5. The zero-order chi connectivity index (χ0) is 17.8. The molecule has 1 aromatic rings. The Labute approximate surface area is 142 Å². The van der Waals surface area contributed by atoms with E-state index < -0.39 is 6.04 Å². The molecule has 1 aromatic carbocycles. The van der Waals surface area contributed by atoms with E-state index in [2.05, 4.69) is 10.6 Å². The summed E-state index contributed by atoms with van der Waals surface area (Å²) in [5.74, 6) is -0.922. The number of unbranched alkanes of at least 4 members (excludes halogenated alkanes) is 2. The Balaban J connectivity index is 2.12. The van der Waals surface area contributed by atoms with Crippen LogP contribution in [0, 0.1) is 0 Å². The number of hydrogen-bond donors (Lipinski definition) is 4. The van der Waals surface area contributed by atoms with Gasteiger partial charge in [-0.15, -0.1) is 0 Å². The van der Waals surface area contributed by atoms with Gasteiger partial charge in [0.2, 0.25) is 17.7 Å². The molecule has 0 heterocycles. The number of hydrogen-bond acceptors (Lipinski definition) is 4. The predicted molar refractivity (Wildman–Crippen MR) is 91.8 cm³/mol. The van der Waals surface area contributed by atoms with Crippen LogP contribution in [0.2, 0.25) is 0 Å². The first kappa shape index (κ1) is 19.6. The van der Waals surface area contributed by atoms with E-state index in [1.54, 1.807) is 0 Å². The van der Waals surface area contributed by atoms with Crippen molar-refractivity contribution < 1.29 is 14.4 Å². The number of carbonyl (C=O) groups is 3. The molecule has 0 unspecified atom stereocenters. The van der Waals surface area contributed by atoms with Gasteiger partial charge in [0.15, 0.2) is 0 Å². The largest absolute Gasteiger partial charge is 0.370 e.